The maximum absolute atomic E-state index is 6.12. The van der Waals surface area contributed by atoms with Crippen molar-refractivity contribution < 1.29 is 9.47 Å². The van der Waals surface area contributed by atoms with Crippen molar-refractivity contribution >= 4 is 15.9 Å². The minimum Gasteiger partial charge on any atom is -0.493 e. The maximum atomic E-state index is 6.12. The number of ether oxygens (including phenoxy) is 2. The van der Waals surface area contributed by atoms with Gasteiger partial charge in [0.25, 0.3) is 0 Å². The molecular formula is C13H18BrNO2. The SMILES string of the molecule is C=C(C)C[C@@H](N)c1cc(OC)c(OC)cc1Br. The molecule has 0 spiro atoms. The number of nitrogens with two attached hydrogens (primary N) is 1. The first-order chi connectivity index (χ1) is 7.99. The largest absolute Gasteiger partial charge is 0.493 e. The van der Waals surface area contributed by atoms with Crippen LogP contribution in [0.1, 0.15) is 24.9 Å². The molecule has 0 aliphatic heterocycles. The van der Waals surface area contributed by atoms with E-state index in [1.807, 2.05) is 19.1 Å². The van der Waals surface area contributed by atoms with E-state index in [2.05, 4.69) is 22.5 Å². The van der Waals surface area contributed by atoms with Crippen molar-refractivity contribution in [1.82, 2.24) is 0 Å². The fraction of sp³-hybridized carbons (Fsp3) is 0.385. The third kappa shape index (κ3) is 3.48. The highest BCUT2D eigenvalue weighted by Crippen LogP contribution is 2.36. The summed E-state index contributed by atoms with van der Waals surface area (Å²) >= 11 is 3.50. The summed E-state index contributed by atoms with van der Waals surface area (Å²) in [5, 5.41) is 0. The molecule has 1 rings (SSSR count). The van der Waals surface area contributed by atoms with Gasteiger partial charge in [-0.3, -0.25) is 0 Å². The van der Waals surface area contributed by atoms with Crippen molar-refractivity contribution in [2.24, 2.45) is 5.73 Å². The van der Waals surface area contributed by atoms with Gasteiger partial charge in [0.15, 0.2) is 11.5 Å². The molecule has 0 saturated carbocycles. The minimum atomic E-state index is -0.0957. The van der Waals surface area contributed by atoms with Crippen molar-refractivity contribution in [3.63, 3.8) is 0 Å². The summed E-state index contributed by atoms with van der Waals surface area (Å²) in [5.74, 6) is 1.37. The average molecular weight is 300 g/mol. The van der Waals surface area contributed by atoms with Crippen molar-refractivity contribution in [2.75, 3.05) is 14.2 Å². The number of methoxy groups -OCH3 is 2. The summed E-state index contributed by atoms with van der Waals surface area (Å²) in [6.45, 7) is 5.84. The third-order valence-corrected chi connectivity index (χ3v) is 3.16. The summed E-state index contributed by atoms with van der Waals surface area (Å²) in [5.41, 5.74) is 8.17. The maximum Gasteiger partial charge on any atom is 0.161 e. The van der Waals surface area contributed by atoms with E-state index < -0.39 is 0 Å². The van der Waals surface area contributed by atoms with Gasteiger partial charge in [-0.25, -0.2) is 0 Å². The van der Waals surface area contributed by atoms with Crippen LogP contribution in [0, 0.1) is 0 Å². The smallest absolute Gasteiger partial charge is 0.161 e. The Hall–Kier alpha value is -1.00. The van der Waals surface area contributed by atoms with E-state index in [4.69, 9.17) is 15.2 Å². The van der Waals surface area contributed by atoms with Crippen LogP contribution in [0.5, 0.6) is 11.5 Å². The molecule has 0 heterocycles. The van der Waals surface area contributed by atoms with Gasteiger partial charge in [-0.15, -0.1) is 6.58 Å². The Morgan fingerprint density at radius 1 is 1.35 bits per heavy atom. The lowest BCUT2D eigenvalue weighted by atomic mass is 10.0. The van der Waals surface area contributed by atoms with E-state index in [0.717, 1.165) is 22.0 Å². The molecule has 0 amide bonds. The first-order valence-electron chi connectivity index (χ1n) is 5.31. The molecule has 1 atom stereocenters. The van der Waals surface area contributed by atoms with Gasteiger partial charge in [-0.1, -0.05) is 21.5 Å². The van der Waals surface area contributed by atoms with Gasteiger partial charge >= 0.3 is 0 Å². The molecule has 94 valence electrons. The molecule has 0 fully saturated rings. The van der Waals surface area contributed by atoms with Crippen LogP contribution in [0.4, 0.5) is 0 Å². The molecule has 0 aromatic heterocycles. The first-order valence-corrected chi connectivity index (χ1v) is 6.10. The van der Waals surface area contributed by atoms with Crippen LogP contribution in [0.25, 0.3) is 0 Å². The third-order valence-electron chi connectivity index (χ3n) is 2.47. The highest BCUT2D eigenvalue weighted by molar-refractivity contribution is 9.10. The van der Waals surface area contributed by atoms with E-state index in [1.165, 1.54) is 0 Å². The number of hydrogen-bond acceptors (Lipinski definition) is 3. The lowest BCUT2D eigenvalue weighted by molar-refractivity contribution is 0.354. The molecule has 2 N–H and O–H groups in total. The molecule has 3 nitrogen and oxygen atoms in total. The number of benzene rings is 1. The zero-order valence-corrected chi connectivity index (χ0v) is 12.0. The van der Waals surface area contributed by atoms with Gasteiger partial charge in [0.05, 0.1) is 14.2 Å². The molecule has 1 aromatic rings. The number of rotatable bonds is 5. The molecule has 0 unspecified atom stereocenters. The van der Waals surface area contributed by atoms with E-state index in [1.54, 1.807) is 14.2 Å². The molecule has 4 heteroatoms. The summed E-state index contributed by atoms with van der Waals surface area (Å²) in [4.78, 5) is 0. The average Bonchev–Trinajstić information content (AvgIpc) is 2.27. The second-order valence-electron chi connectivity index (χ2n) is 4.00. The Morgan fingerprint density at radius 3 is 2.35 bits per heavy atom. The van der Waals surface area contributed by atoms with Gasteiger partial charge in [-0.2, -0.15) is 0 Å². The van der Waals surface area contributed by atoms with Gasteiger partial charge in [0.2, 0.25) is 0 Å². The van der Waals surface area contributed by atoms with Crippen molar-refractivity contribution in [3.8, 4) is 11.5 Å². The Kier molecular flexibility index (Phi) is 5.02. The van der Waals surface area contributed by atoms with Crippen molar-refractivity contribution in [2.45, 2.75) is 19.4 Å². The molecule has 0 radical (unpaired) electrons. The molecule has 0 aliphatic rings. The number of hydrogen-bond donors (Lipinski definition) is 1. The van der Waals surface area contributed by atoms with Gasteiger partial charge in [0.1, 0.15) is 0 Å². The van der Waals surface area contributed by atoms with Crippen LogP contribution in [0.3, 0.4) is 0 Å². The van der Waals surface area contributed by atoms with Crippen LogP contribution >= 0.6 is 15.9 Å². The van der Waals surface area contributed by atoms with E-state index in [9.17, 15) is 0 Å². The van der Waals surface area contributed by atoms with Gasteiger partial charge in [0, 0.05) is 10.5 Å². The molecule has 1 aromatic carbocycles. The second kappa shape index (κ2) is 6.07. The van der Waals surface area contributed by atoms with Gasteiger partial charge < -0.3 is 15.2 Å². The normalized spacial score (nSPS) is 12.1. The Balaban J connectivity index is 3.11. The zero-order valence-electron chi connectivity index (χ0n) is 10.4. The predicted molar refractivity (Wildman–Crippen MR) is 73.6 cm³/mol. The van der Waals surface area contributed by atoms with E-state index >= 15 is 0 Å². The number of halogens is 1. The van der Waals surface area contributed by atoms with Crippen molar-refractivity contribution in [3.05, 3.63) is 34.3 Å². The summed E-state index contributed by atoms with van der Waals surface area (Å²) < 4.78 is 11.4. The van der Waals surface area contributed by atoms with Crippen molar-refractivity contribution in [1.29, 1.82) is 0 Å². The predicted octanol–water partition coefficient (Wildman–Crippen LogP) is 3.43. The molecular weight excluding hydrogens is 282 g/mol. The monoisotopic (exact) mass is 299 g/mol. The molecule has 0 aliphatic carbocycles. The van der Waals surface area contributed by atoms with Crippen LogP contribution in [-0.4, -0.2) is 14.2 Å². The summed E-state index contributed by atoms with van der Waals surface area (Å²) in [6, 6.07) is 3.67. The van der Waals surface area contributed by atoms with Crippen LogP contribution < -0.4 is 15.2 Å². The lowest BCUT2D eigenvalue weighted by Crippen LogP contribution is -2.11. The lowest BCUT2D eigenvalue weighted by Gasteiger charge is -2.17. The standard InChI is InChI=1S/C13H18BrNO2/c1-8(2)5-11(15)9-6-12(16-3)13(17-4)7-10(9)14/h6-7,11H,1,5,15H2,2-4H3/t11-/m1/s1. The van der Waals surface area contributed by atoms with Gasteiger partial charge in [-0.05, 0) is 31.0 Å². The highest BCUT2D eigenvalue weighted by Gasteiger charge is 2.15. The Morgan fingerprint density at radius 2 is 1.88 bits per heavy atom. The Labute approximate surface area is 111 Å². The highest BCUT2D eigenvalue weighted by atomic mass is 79.9. The molecule has 17 heavy (non-hydrogen) atoms. The molecule has 0 saturated heterocycles. The quantitative estimate of drug-likeness (QED) is 0.847. The van der Waals surface area contributed by atoms with Crippen LogP contribution in [0.2, 0.25) is 0 Å². The molecule has 0 bridgehead atoms. The Bertz CT molecular complexity index is 418. The second-order valence-corrected chi connectivity index (χ2v) is 4.85. The fourth-order valence-electron chi connectivity index (χ4n) is 1.64. The zero-order chi connectivity index (χ0) is 13.0. The first kappa shape index (κ1) is 14.1. The topological polar surface area (TPSA) is 44.5 Å². The summed E-state index contributed by atoms with van der Waals surface area (Å²) in [6.07, 6.45) is 0.744. The van der Waals surface area contributed by atoms with E-state index in [-0.39, 0.29) is 6.04 Å². The van der Waals surface area contributed by atoms with Crippen LogP contribution in [-0.2, 0) is 0 Å². The summed E-state index contributed by atoms with van der Waals surface area (Å²) in [7, 11) is 3.22. The fourth-order valence-corrected chi connectivity index (χ4v) is 2.26. The van der Waals surface area contributed by atoms with E-state index in [0.29, 0.717) is 11.5 Å². The van der Waals surface area contributed by atoms with Crippen LogP contribution in [0.15, 0.2) is 28.8 Å². The minimum absolute atomic E-state index is 0.0957.